The van der Waals surface area contributed by atoms with Crippen LogP contribution in [0.4, 0.5) is 0 Å². The molecule has 1 heterocycles. The van der Waals surface area contributed by atoms with E-state index in [1.54, 1.807) is 0 Å². The fourth-order valence-electron chi connectivity index (χ4n) is 3.30. The van der Waals surface area contributed by atoms with Crippen molar-refractivity contribution >= 4 is 15.9 Å². The molecule has 1 saturated carbocycles. The fourth-order valence-corrected chi connectivity index (χ4v) is 3.56. The van der Waals surface area contributed by atoms with Crippen LogP contribution in [-0.2, 0) is 0 Å². The molecule has 1 aromatic carbocycles. The zero-order valence-electron chi connectivity index (χ0n) is 10.9. The maximum atomic E-state index is 3.53. The Labute approximate surface area is 118 Å². The van der Waals surface area contributed by atoms with Crippen LogP contribution < -0.4 is 5.32 Å². The van der Waals surface area contributed by atoms with Gasteiger partial charge in [0.1, 0.15) is 0 Å². The zero-order valence-corrected chi connectivity index (χ0v) is 12.5. The molecule has 0 aromatic heterocycles. The second-order valence-electron chi connectivity index (χ2n) is 5.57. The van der Waals surface area contributed by atoms with Crippen molar-refractivity contribution in [1.29, 1.82) is 0 Å². The predicted molar refractivity (Wildman–Crippen MR) is 78.6 cm³/mol. The van der Waals surface area contributed by atoms with Crippen molar-refractivity contribution in [3.8, 4) is 0 Å². The molecule has 98 valence electrons. The summed E-state index contributed by atoms with van der Waals surface area (Å²) in [6.45, 7) is 2.40. The smallest absolute Gasteiger partial charge is 0.0391 e. The molecule has 0 bridgehead atoms. The number of halogens is 1. The van der Waals surface area contributed by atoms with E-state index >= 15 is 0 Å². The molecule has 1 aromatic rings. The summed E-state index contributed by atoms with van der Waals surface area (Å²) < 4.78 is 1.17. The Bertz CT molecular complexity index is 399. The van der Waals surface area contributed by atoms with E-state index in [-0.39, 0.29) is 0 Å². The summed E-state index contributed by atoms with van der Waals surface area (Å²) in [4.78, 5) is 2.74. The zero-order chi connectivity index (χ0) is 12.5. The highest BCUT2D eigenvalue weighted by Crippen LogP contribution is 2.44. The normalized spacial score (nSPS) is 28.8. The molecule has 1 aliphatic carbocycles. The van der Waals surface area contributed by atoms with Crippen molar-refractivity contribution in [2.45, 2.75) is 31.3 Å². The van der Waals surface area contributed by atoms with Gasteiger partial charge in [-0.15, -0.1) is 0 Å². The van der Waals surface area contributed by atoms with Crippen LogP contribution in [0.15, 0.2) is 28.7 Å². The van der Waals surface area contributed by atoms with Gasteiger partial charge in [0, 0.05) is 16.6 Å². The van der Waals surface area contributed by atoms with E-state index in [1.807, 2.05) is 0 Å². The van der Waals surface area contributed by atoms with E-state index in [9.17, 15) is 0 Å². The van der Waals surface area contributed by atoms with Gasteiger partial charge in [-0.05, 0) is 63.0 Å². The summed E-state index contributed by atoms with van der Waals surface area (Å²) in [5.74, 6) is 0.761. The van der Waals surface area contributed by atoms with Crippen LogP contribution in [0.2, 0.25) is 0 Å². The molecule has 18 heavy (non-hydrogen) atoms. The van der Waals surface area contributed by atoms with E-state index < -0.39 is 0 Å². The first-order chi connectivity index (χ1) is 8.79. The minimum absolute atomic E-state index is 0.623. The van der Waals surface area contributed by atoms with Crippen molar-refractivity contribution in [1.82, 2.24) is 10.2 Å². The Morgan fingerprint density at radius 1 is 1.22 bits per heavy atom. The Kier molecular flexibility index (Phi) is 3.73. The average Bonchev–Trinajstić information content (AvgIpc) is 3.13. The first-order valence-corrected chi connectivity index (χ1v) is 7.74. The molecule has 3 rings (SSSR count). The highest BCUT2D eigenvalue weighted by molar-refractivity contribution is 9.10. The van der Waals surface area contributed by atoms with Gasteiger partial charge in [-0.25, -0.2) is 0 Å². The van der Waals surface area contributed by atoms with Gasteiger partial charge in [0.15, 0.2) is 0 Å². The van der Waals surface area contributed by atoms with Gasteiger partial charge in [0.25, 0.3) is 0 Å². The van der Waals surface area contributed by atoms with Crippen LogP contribution in [0.1, 0.15) is 30.9 Å². The van der Waals surface area contributed by atoms with Gasteiger partial charge in [-0.3, -0.25) is 4.90 Å². The summed E-state index contributed by atoms with van der Waals surface area (Å²) in [6, 6.07) is 10.4. The number of hydrogen-bond donors (Lipinski definition) is 1. The van der Waals surface area contributed by atoms with E-state index in [1.165, 1.54) is 35.8 Å². The van der Waals surface area contributed by atoms with Gasteiger partial charge in [-0.1, -0.05) is 28.1 Å². The maximum absolute atomic E-state index is 3.53. The second-order valence-corrected chi connectivity index (χ2v) is 6.49. The van der Waals surface area contributed by atoms with Crippen LogP contribution >= 0.6 is 15.9 Å². The van der Waals surface area contributed by atoms with E-state index in [0.717, 1.165) is 18.5 Å². The van der Waals surface area contributed by atoms with Crippen molar-refractivity contribution in [3.63, 3.8) is 0 Å². The summed E-state index contributed by atoms with van der Waals surface area (Å²) >= 11 is 3.53. The topological polar surface area (TPSA) is 15.3 Å². The molecule has 2 nitrogen and oxygen atoms in total. The lowest BCUT2D eigenvalue weighted by atomic mass is 9.93. The Balaban J connectivity index is 1.84. The third kappa shape index (κ3) is 2.49. The number of likely N-dealkylation sites (tertiary alicyclic amines) is 1. The van der Waals surface area contributed by atoms with E-state index in [0.29, 0.717) is 6.04 Å². The average molecular weight is 309 g/mol. The van der Waals surface area contributed by atoms with Gasteiger partial charge in [0.05, 0.1) is 0 Å². The third-order valence-corrected chi connectivity index (χ3v) is 4.78. The van der Waals surface area contributed by atoms with Crippen LogP contribution in [0.3, 0.4) is 0 Å². The lowest BCUT2D eigenvalue weighted by molar-refractivity contribution is 0.217. The first-order valence-electron chi connectivity index (χ1n) is 6.95. The number of nitrogens with one attached hydrogen (secondary N) is 1. The Hall–Kier alpha value is -0.380. The summed E-state index contributed by atoms with van der Waals surface area (Å²) in [5.41, 5.74) is 1.49. The maximum Gasteiger partial charge on any atom is 0.0391 e. The molecular formula is C15H21BrN2. The van der Waals surface area contributed by atoms with E-state index in [4.69, 9.17) is 0 Å². The number of nitrogens with zero attached hydrogens (tertiary/aromatic N) is 1. The number of rotatable bonds is 4. The van der Waals surface area contributed by atoms with Gasteiger partial charge in [-0.2, -0.15) is 0 Å². The molecule has 3 heteroatoms. The lowest BCUT2D eigenvalue weighted by Crippen LogP contribution is -2.30. The SMILES string of the molecule is CNCC1CCN(C2CC2)C1c1ccc(Br)cc1. The number of hydrogen-bond acceptors (Lipinski definition) is 2. The largest absolute Gasteiger partial charge is 0.319 e. The first kappa shape index (κ1) is 12.6. The highest BCUT2D eigenvalue weighted by Gasteiger charge is 2.42. The standard InChI is InChI=1S/C15H21BrN2/c1-17-10-12-8-9-18(14-6-7-14)15(12)11-2-4-13(16)5-3-11/h2-5,12,14-15,17H,6-10H2,1H3. The highest BCUT2D eigenvalue weighted by atomic mass is 79.9. The number of benzene rings is 1. The molecule has 1 saturated heterocycles. The molecule has 0 radical (unpaired) electrons. The lowest BCUT2D eigenvalue weighted by Gasteiger charge is -2.28. The summed E-state index contributed by atoms with van der Waals surface area (Å²) in [5, 5.41) is 3.36. The minimum Gasteiger partial charge on any atom is -0.319 e. The molecule has 1 N–H and O–H groups in total. The Morgan fingerprint density at radius 3 is 2.56 bits per heavy atom. The van der Waals surface area contributed by atoms with Gasteiger partial charge < -0.3 is 5.32 Å². The van der Waals surface area contributed by atoms with Gasteiger partial charge in [0.2, 0.25) is 0 Å². The van der Waals surface area contributed by atoms with Crippen molar-refractivity contribution < 1.29 is 0 Å². The molecular weight excluding hydrogens is 288 g/mol. The molecule has 2 fully saturated rings. The quantitative estimate of drug-likeness (QED) is 0.919. The van der Waals surface area contributed by atoms with Crippen molar-refractivity contribution in [2.75, 3.05) is 20.1 Å². The monoisotopic (exact) mass is 308 g/mol. The Morgan fingerprint density at radius 2 is 1.94 bits per heavy atom. The third-order valence-electron chi connectivity index (χ3n) is 4.26. The van der Waals surface area contributed by atoms with Crippen LogP contribution in [-0.4, -0.2) is 31.1 Å². The van der Waals surface area contributed by atoms with Crippen molar-refractivity contribution in [3.05, 3.63) is 34.3 Å². The fraction of sp³-hybridized carbons (Fsp3) is 0.600. The van der Waals surface area contributed by atoms with Crippen molar-refractivity contribution in [2.24, 2.45) is 5.92 Å². The van der Waals surface area contributed by atoms with E-state index in [2.05, 4.69) is 57.5 Å². The molecule has 2 aliphatic rings. The molecule has 0 spiro atoms. The summed E-state index contributed by atoms with van der Waals surface area (Å²) in [7, 11) is 2.07. The molecule has 2 atom stereocenters. The van der Waals surface area contributed by atoms with Crippen LogP contribution in [0.25, 0.3) is 0 Å². The van der Waals surface area contributed by atoms with Crippen LogP contribution in [0.5, 0.6) is 0 Å². The summed E-state index contributed by atoms with van der Waals surface area (Å²) in [6.07, 6.45) is 4.14. The second kappa shape index (κ2) is 5.32. The van der Waals surface area contributed by atoms with Crippen LogP contribution in [0, 0.1) is 5.92 Å². The predicted octanol–water partition coefficient (Wildman–Crippen LogP) is 3.19. The molecule has 2 unspecified atom stereocenters. The minimum atomic E-state index is 0.623. The molecule has 0 amide bonds. The van der Waals surface area contributed by atoms with Gasteiger partial charge >= 0.3 is 0 Å². The molecule has 1 aliphatic heterocycles.